The zero-order valence-corrected chi connectivity index (χ0v) is 8.43. The molecule has 0 amide bonds. The standard InChI is InChI=1S/C11H22/c1-8(2)7-11-9(3)5-6-10(11)4/h8-11H,5-7H2,1-4H3. The highest BCUT2D eigenvalue weighted by Crippen LogP contribution is 2.39. The summed E-state index contributed by atoms with van der Waals surface area (Å²) in [5, 5.41) is 0. The molecule has 0 bridgehead atoms. The second-order valence-corrected chi connectivity index (χ2v) is 4.83. The van der Waals surface area contributed by atoms with Gasteiger partial charge in [-0.2, -0.15) is 0 Å². The lowest BCUT2D eigenvalue weighted by atomic mass is 9.84. The molecule has 0 aromatic heterocycles. The van der Waals surface area contributed by atoms with Crippen molar-refractivity contribution in [2.24, 2.45) is 23.7 Å². The average Bonchev–Trinajstić information content (AvgIpc) is 2.18. The van der Waals surface area contributed by atoms with Crippen LogP contribution in [-0.4, -0.2) is 0 Å². The topological polar surface area (TPSA) is 0 Å². The lowest BCUT2D eigenvalue weighted by Crippen LogP contribution is -2.13. The van der Waals surface area contributed by atoms with Gasteiger partial charge < -0.3 is 0 Å². The van der Waals surface area contributed by atoms with Crippen LogP contribution < -0.4 is 0 Å². The van der Waals surface area contributed by atoms with Gasteiger partial charge in [-0.3, -0.25) is 0 Å². The second kappa shape index (κ2) is 3.60. The Morgan fingerprint density at radius 1 is 1.09 bits per heavy atom. The third-order valence-corrected chi connectivity index (χ3v) is 3.28. The molecule has 0 spiro atoms. The van der Waals surface area contributed by atoms with Crippen molar-refractivity contribution in [1.29, 1.82) is 0 Å². The molecule has 1 aliphatic carbocycles. The molecule has 66 valence electrons. The van der Waals surface area contributed by atoms with Crippen LogP contribution in [0.2, 0.25) is 0 Å². The van der Waals surface area contributed by atoms with Crippen LogP contribution in [0.3, 0.4) is 0 Å². The van der Waals surface area contributed by atoms with Gasteiger partial charge in [-0.05, 0) is 30.1 Å². The fraction of sp³-hybridized carbons (Fsp3) is 1.00. The summed E-state index contributed by atoms with van der Waals surface area (Å²) < 4.78 is 0. The first-order valence-corrected chi connectivity index (χ1v) is 5.11. The number of rotatable bonds is 2. The van der Waals surface area contributed by atoms with Crippen LogP contribution in [0.1, 0.15) is 47.0 Å². The van der Waals surface area contributed by atoms with Crippen molar-refractivity contribution >= 4 is 0 Å². The van der Waals surface area contributed by atoms with E-state index in [1.807, 2.05) is 0 Å². The molecule has 0 aliphatic heterocycles. The predicted molar refractivity (Wildman–Crippen MR) is 50.5 cm³/mol. The minimum Gasteiger partial charge on any atom is -0.0628 e. The Kier molecular flexibility index (Phi) is 2.98. The van der Waals surface area contributed by atoms with Crippen molar-refractivity contribution in [2.45, 2.75) is 47.0 Å². The van der Waals surface area contributed by atoms with E-state index in [9.17, 15) is 0 Å². The van der Waals surface area contributed by atoms with Gasteiger partial charge in [0.05, 0.1) is 0 Å². The van der Waals surface area contributed by atoms with E-state index in [1.54, 1.807) is 0 Å². The van der Waals surface area contributed by atoms with Gasteiger partial charge in [-0.25, -0.2) is 0 Å². The average molecular weight is 154 g/mol. The summed E-state index contributed by atoms with van der Waals surface area (Å²) in [5.74, 6) is 3.90. The lowest BCUT2D eigenvalue weighted by Gasteiger charge is -2.21. The highest BCUT2D eigenvalue weighted by Gasteiger charge is 2.30. The van der Waals surface area contributed by atoms with Crippen molar-refractivity contribution in [2.75, 3.05) is 0 Å². The molecule has 1 aliphatic rings. The molecule has 11 heavy (non-hydrogen) atoms. The van der Waals surface area contributed by atoms with E-state index >= 15 is 0 Å². The summed E-state index contributed by atoms with van der Waals surface area (Å²) in [6.45, 7) is 9.54. The molecule has 1 rings (SSSR count). The van der Waals surface area contributed by atoms with Crippen LogP contribution >= 0.6 is 0 Å². The molecular weight excluding hydrogens is 132 g/mol. The number of hydrogen-bond acceptors (Lipinski definition) is 0. The quantitative estimate of drug-likeness (QED) is 0.568. The highest BCUT2D eigenvalue weighted by molar-refractivity contribution is 4.80. The molecule has 0 heteroatoms. The van der Waals surface area contributed by atoms with E-state index in [1.165, 1.54) is 19.3 Å². The van der Waals surface area contributed by atoms with E-state index in [-0.39, 0.29) is 0 Å². The van der Waals surface area contributed by atoms with Gasteiger partial charge >= 0.3 is 0 Å². The molecule has 0 N–H and O–H groups in total. The van der Waals surface area contributed by atoms with Gasteiger partial charge in [-0.15, -0.1) is 0 Å². The van der Waals surface area contributed by atoms with E-state index in [0.29, 0.717) is 0 Å². The maximum absolute atomic E-state index is 2.43. The van der Waals surface area contributed by atoms with Crippen LogP contribution in [0.15, 0.2) is 0 Å². The molecule has 0 radical (unpaired) electrons. The Labute approximate surface area is 71.4 Å². The molecule has 0 aromatic rings. The SMILES string of the molecule is CC(C)CC1C(C)CCC1C. The Bertz CT molecular complexity index is 105. The first-order valence-electron chi connectivity index (χ1n) is 5.11. The summed E-state index contributed by atoms with van der Waals surface area (Å²) in [5.41, 5.74) is 0. The molecule has 0 nitrogen and oxygen atoms in total. The van der Waals surface area contributed by atoms with Gasteiger partial charge in [0.25, 0.3) is 0 Å². The summed E-state index contributed by atoms with van der Waals surface area (Å²) in [7, 11) is 0. The molecular formula is C11H22. The van der Waals surface area contributed by atoms with Crippen LogP contribution in [0.4, 0.5) is 0 Å². The van der Waals surface area contributed by atoms with Crippen molar-refractivity contribution < 1.29 is 0 Å². The van der Waals surface area contributed by atoms with Crippen molar-refractivity contribution in [3.05, 3.63) is 0 Å². The second-order valence-electron chi connectivity index (χ2n) is 4.83. The van der Waals surface area contributed by atoms with E-state index in [4.69, 9.17) is 0 Å². The summed E-state index contributed by atoms with van der Waals surface area (Å²) >= 11 is 0. The minimum atomic E-state index is 0.892. The third-order valence-electron chi connectivity index (χ3n) is 3.28. The smallest absolute Gasteiger partial charge is 0.0360 e. The monoisotopic (exact) mass is 154 g/mol. The maximum Gasteiger partial charge on any atom is -0.0360 e. The van der Waals surface area contributed by atoms with Gasteiger partial charge in [0, 0.05) is 0 Å². The van der Waals surface area contributed by atoms with Crippen molar-refractivity contribution in [1.82, 2.24) is 0 Å². The zero-order chi connectivity index (χ0) is 8.43. The summed E-state index contributed by atoms with van der Waals surface area (Å²) in [4.78, 5) is 0. The lowest BCUT2D eigenvalue weighted by molar-refractivity contribution is 0.286. The van der Waals surface area contributed by atoms with Gasteiger partial charge in [-0.1, -0.05) is 40.5 Å². The highest BCUT2D eigenvalue weighted by atomic mass is 14.4. The Morgan fingerprint density at radius 2 is 1.55 bits per heavy atom. The Balaban J connectivity index is 2.41. The van der Waals surface area contributed by atoms with Crippen LogP contribution in [0.5, 0.6) is 0 Å². The largest absolute Gasteiger partial charge is 0.0628 e. The molecule has 0 saturated heterocycles. The van der Waals surface area contributed by atoms with E-state index < -0.39 is 0 Å². The van der Waals surface area contributed by atoms with Crippen molar-refractivity contribution in [3.8, 4) is 0 Å². The van der Waals surface area contributed by atoms with Gasteiger partial charge in [0.2, 0.25) is 0 Å². The molecule has 2 unspecified atom stereocenters. The molecule has 2 atom stereocenters. The minimum absolute atomic E-state index is 0.892. The number of hydrogen-bond donors (Lipinski definition) is 0. The van der Waals surface area contributed by atoms with Crippen molar-refractivity contribution in [3.63, 3.8) is 0 Å². The molecule has 0 aromatic carbocycles. The maximum atomic E-state index is 2.43. The van der Waals surface area contributed by atoms with E-state index in [0.717, 1.165) is 23.7 Å². The van der Waals surface area contributed by atoms with Gasteiger partial charge in [0.1, 0.15) is 0 Å². The molecule has 1 fully saturated rings. The van der Waals surface area contributed by atoms with Crippen LogP contribution in [-0.2, 0) is 0 Å². The predicted octanol–water partition coefficient (Wildman–Crippen LogP) is 3.71. The Hall–Kier alpha value is 0. The Morgan fingerprint density at radius 3 is 1.91 bits per heavy atom. The first-order chi connectivity index (χ1) is 5.11. The molecule has 1 saturated carbocycles. The fourth-order valence-corrected chi connectivity index (χ4v) is 2.52. The first kappa shape index (κ1) is 9.09. The third kappa shape index (κ3) is 2.21. The molecule has 0 heterocycles. The summed E-state index contributed by atoms with van der Waals surface area (Å²) in [6.07, 6.45) is 4.39. The van der Waals surface area contributed by atoms with Crippen LogP contribution in [0.25, 0.3) is 0 Å². The zero-order valence-electron chi connectivity index (χ0n) is 8.43. The van der Waals surface area contributed by atoms with Gasteiger partial charge in [0.15, 0.2) is 0 Å². The van der Waals surface area contributed by atoms with Crippen LogP contribution in [0, 0.1) is 23.7 Å². The summed E-state index contributed by atoms with van der Waals surface area (Å²) in [6, 6.07) is 0. The normalized spacial score (nSPS) is 38.5. The fourth-order valence-electron chi connectivity index (χ4n) is 2.52. The van der Waals surface area contributed by atoms with E-state index in [2.05, 4.69) is 27.7 Å².